The van der Waals surface area contributed by atoms with Gasteiger partial charge in [-0.15, -0.1) is 12.4 Å². The number of nitrogens with zero attached hydrogens (tertiary/aromatic N) is 1. The Bertz CT molecular complexity index is 584. The summed E-state index contributed by atoms with van der Waals surface area (Å²) in [6, 6.07) is 5.71. The summed E-state index contributed by atoms with van der Waals surface area (Å²) in [5, 5.41) is 3.39. The van der Waals surface area contributed by atoms with E-state index in [0.29, 0.717) is 17.4 Å². The summed E-state index contributed by atoms with van der Waals surface area (Å²) in [5.41, 5.74) is 1.04. The average Bonchev–Trinajstić information content (AvgIpc) is 2.65. The van der Waals surface area contributed by atoms with E-state index < -0.39 is 0 Å². The normalized spacial score (nSPS) is 15.0. The lowest BCUT2D eigenvalue weighted by atomic mass is 9.97. The Morgan fingerprint density at radius 1 is 1.31 bits per heavy atom. The lowest BCUT2D eigenvalue weighted by Crippen LogP contribution is -2.42. The fourth-order valence-corrected chi connectivity index (χ4v) is 3.07. The molecule has 2 rings (SSSR count). The Morgan fingerprint density at radius 3 is 2.65 bits per heavy atom. The van der Waals surface area contributed by atoms with Crippen molar-refractivity contribution in [1.82, 2.24) is 10.2 Å². The Morgan fingerprint density at radius 2 is 2.04 bits per heavy atom. The third-order valence-electron chi connectivity index (χ3n) is 4.55. The zero-order valence-electron chi connectivity index (χ0n) is 16.0. The predicted octanol–water partition coefficient (Wildman–Crippen LogP) is 3.38. The van der Waals surface area contributed by atoms with Crippen LogP contribution in [0.15, 0.2) is 24.3 Å². The number of likely N-dealkylation sites (tertiary alicyclic amines) is 1. The van der Waals surface area contributed by atoms with Crippen LogP contribution in [-0.4, -0.2) is 50.7 Å². The quantitative estimate of drug-likeness (QED) is 0.748. The molecular formula is C20H31ClN2O3. The summed E-state index contributed by atoms with van der Waals surface area (Å²) in [5.74, 6) is 1.96. The van der Waals surface area contributed by atoms with E-state index in [1.165, 1.54) is 0 Å². The number of benzene rings is 1. The van der Waals surface area contributed by atoms with Crippen molar-refractivity contribution in [3.63, 3.8) is 0 Å². The fraction of sp³-hybridized carbons (Fsp3) is 0.550. The molecule has 0 aliphatic carbocycles. The van der Waals surface area contributed by atoms with E-state index >= 15 is 0 Å². The number of piperidine rings is 1. The highest BCUT2D eigenvalue weighted by atomic mass is 35.5. The molecule has 1 fully saturated rings. The van der Waals surface area contributed by atoms with Crippen LogP contribution in [0.25, 0.3) is 6.08 Å². The maximum Gasteiger partial charge on any atom is 0.260 e. The number of ether oxygens (including phenoxy) is 2. The molecule has 1 aromatic rings. The average molecular weight is 383 g/mol. The van der Waals surface area contributed by atoms with Crippen LogP contribution in [0.5, 0.6) is 11.5 Å². The molecule has 26 heavy (non-hydrogen) atoms. The van der Waals surface area contributed by atoms with Crippen molar-refractivity contribution in [3.8, 4) is 11.5 Å². The van der Waals surface area contributed by atoms with Gasteiger partial charge in [-0.2, -0.15) is 0 Å². The molecular weight excluding hydrogens is 352 g/mol. The SMILES string of the molecule is C/C=C/c1ccc(OCC(=O)N2CCC(CNCC)CC2)c(OC)c1.Cl. The van der Waals surface area contributed by atoms with Crippen LogP contribution in [0, 0.1) is 5.92 Å². The number of nitrogens with one attached hydrogen (secondary N) is 1. The third-order valence-corrected chi connectivity index (χ3v) is 4.55. The minimum Gasteiger partial charge on any atom is -0.493 e. The lowest BCUT2D eigenvalue weighted by molar-refractivity contribution is -0.134. The Kier molecular flexibility index (Phi) is 10.1. The van der Waals surface area contributed by atoms with Gasteiger partial charge in [0.2, 0.25) is 0 Å². The van der Waals surface area contributed by atoms with Crippen LogP contribution >= 0.6 is 12.4 Å². The molecule has 1 saturated heterocycles. The summed E-state index contributed by atoms with van der Waals surface area (Å²) in [4.78, 5) is 14.3. The smallest absolute Gasteiger partial charge is 0.260 e. The van der Waals surface area contributed by atoms with Gasteiger partial charge in [0.1, 0.15) is 0 Å². The van der Waals surface area contributed by atoms with E-state index in [0.717, 1.165) is 44.6 Å². The molecule has 6 heteroatoms. The van der Waals surface area contributed by atoms with E-state index in [1.54, 1.807) is 7.11 Å². The molecule has 1 aromatic carbocycles. The maximum atomic E-state index is 12.4. The number of hydrogen-bond acceptors (Lipinski definition) is 4. The van der Waals surface area contributed by atoms with Gasteiger partial charge in [-0.1, -0.05) is 25.1 Å². The zero-order valence-corrected chi connectivity index (χ0v) is 16.8. The number of allylic oxidation sites excluding steroid dienone is 1. The van der Waals surface area contributed by atoms with E-state index in [2.05, 4.69) is 12.2 Å². The van der Waals surface area contributed by atoms with Gasteiger partial charge in [0.05, 0.1) is 7.11 Å². The highest BCUT2D eigenvalue weighted by Crippen LogP contribution is 2.28. The molecule has 1 aliphatic rings. The van der Waals surface area contributed by atoms with Crippen molar-refractivity contribution in [3.05, 3.63) is 29.8 Å². The topological polar surface area (TPSA) is 50.8 Å². The van der Waals surface area contributed by atoms with E-state index in [9.17, 15) is 4.79 Å². The molecule has 0 bridgehead atoms. The number of hydrogen-bond donors (Lipinski definition) is 1. The van der Waals surface area contributed by atoms with Gasteiger partial charge < -0.3 is 19.7 Å². The van der Waals surface area contributed by atoms with Gasteiger partial charge in [-0.05, 0) is 56.5 Å². The van der Waals surface area contributed by atoms with Crippen LogP contribution in [0.1, 0.15) is 32.3 Å². The third kappa shape index (κ3) is 6.54. The van der Waals surface area contributed by atoms with Crippen molar-refractivity contribution >= 4 is 24.4 Å². The summed E-state index contributed by atoms with van der Waals surface area (Å²) >= 11 is 0. The second-order valence-corrected chi connectivity index (χ2v) is 6.33. The minimum atomic E-state index is 0. The molecule has 0 radical (unpaired) electrons. The van der Waals surface area contributed by atoms with Gasteiger partial charge in [-0.3, -0.25) is 4.79 Å². The Balaban J connectivity index is 0.00000338. The predicted molar refractivity (Wildman–Crippen MR) is 108 cm³/mol. The first-order valence-electron chi connectivity index (χ1n) is 9.10. The van der Waals surface area contributed by atoms with Gasteiger partial charge in [0.15, 0.2) is 18.1 Å². The first kappa shape index (κ1) is 22.3. The van der Waals surface area contributed by atoms with E-state index in [-0.39, 0.29) is 24.9 Å². The largest absolute Gasteiger partial charge is 0.493 e. The van der Waals surface area contributed by atoms with Crippen LogP contribution < -0.4 is 14.8 Å². The summed E-state index contributed by atoms with van der Waals surface area (Å²) in [7, 11) is 1.61. The number of halogens is 1. The Hall–Kier alpha value is -1.72. The van der Waals surface area contributed by atoms with Crippen LogP contribution in [0.2, 0.25) is 0 Å². The van der Waals surface area contributed by atoms with Crippen LogP contribution in [0.3, 0.4) is 0 Å². The molecule has 1 amide bonds. The molecule has 0 saturated carbocycles. The van der Waals surface area contributed by atoms with Gasteiger partial charge in [0.25, 0.3) is 5.91 Å². The van der Waals surface area contributed by atoms with Crippen molar-refractivity contribution in [2.75, 3.05) is 39.9 Å². The highest BCUT2D eigenvalue weighted by Gasteiger charge is 2.23. The lowest BCUT2D eigenvalue weighted by Gasteiger charge is -2.32. The van der Waals surface area contributed by atoms with Gasteiger partial charge >= 0.3 is 0 Å². The van der Waals surface area contributed by atoms with Crippen molar-refractivity contribution in [2.24, 2.45) is 5.92 Å². The number of carbonyl (C=O) groups is 1. The molecule has 1 heterocycles. The minimum absolute atomic E-state index is 0. The molecule has 0 atom stereocenters. The first-order valence-corrected chi connectivity index (χ1v) is 9.10. The molecule has 0 aromatic heterocycles. The molecule has 146 valence electrons. The summed E-state index contributed by atoms with van der Waals surface area (Å²) < 4.78 is 11.1. The molecule has 1 aliphatic heterocycles. The highest BCUT2D eigenvalue weighted by molar-refractivity contribution is 5.85. The van der Waals surface area contributed by atoms with E-state index in [1.807, 2.05) is 42.2 Å². The van der Waals surface area contributed by atoms with Crippen molar-refractivity contribution in [2.45, 2.75) is 26.7 Å². The molecule has 0 unspecified atom stereocenters. The van der Waals surface area contributed by atoms with Gasteiger partial charge in [0, 0.05) is 13.1 Å². The standard InChI is InChI=1S/C20H30N2O3.ClH/c1-4-6-16-7-8-18(19(13-16)24-3)25-15-20(23)22-11-9-17(10-12-22)14-21-5-2;/h4,6-8,13,17,21H,5,9-12,14-15H2,1-3H3;1H/b6-4+;. The van der Waals surface area contributed by atoms with Crippen LogP contribution in [0.4, 0.5) is 0 Å². The van der Waals surface area contributed by atoms with Crippen molar-refractivity contribution < 1.29 is 14.3 Å². The number of carbonyl (C=O) groups excluding carboxylic acids is 1. The van der Waals surface area contributed by atoms with Gasteiger partial charge in [-0.25, -0.2) is 0 Å². The van der Waals surface area contributed by atoms with Crippen LogP contribution in [-0.2, 0) is 4.79 Å². The monoisotopic (exact) mass is 382 g/mol. The molecule has 1 N–H and O–H groups in total. The summed E-state index contributed by atoms with van der Waals surface area (Å²) in [6.07, 6.45) is 6.08. The molecule has 5 nitrogen and oxygen atoms in total. The number of rotatable bonds is 8. The second-order valence-electron chi connectivity index (χ2n) is 6.33. The number of amides is 1. The molecule has 0 spiro atoms. The fourth-order valence-electron chi connectivity index (χ4n) is 3.07. The summed E-state index contributed by atoms with van der Waals surface area (Å²) in [6.45, 7) is 7.82. The second kappa shape index (κ2) is 11.8. The maximum absolute atomic E-state index is 12.4. The first-order chi connectivity index (χ1) is 12.2. The zero-order chi connectivity index (χ0) is 18.1. The number of methoxy groups -OCH3 is 1. The van der Waals surface area contributed by atoms with Crippen molar-refractivity contribution in [1.29, 1.82) is 0 Å². The van der Waals surface area contributed by atoms with E-state index in [4.69, 9.17) is 9.47 Å². The Labute approximate surface area is 163 Å².